The zero-order valence-electron chi connectivity index (χ0n) is 18.3. The molecule has 6 nitrogen and oxygen atoms in total. The highest BCUT2D eigenvalue weighted by Crippen LogP contribution is 2.35. The second kappa shape index (κ2) is 8.82. The summed E-state index contributed by atoms with van der Waals surface area (Å²) < 4.78 is 28.7. The minimum Gasteiger partial charge on any atom is -0.309 e. The first kappa shape index (κ1) is 22.5. The number of amides is 1. The number of aliphatic imine (C=N–C) groups is 1. The zero-order chi connectivity index (χ0) is 23.9. The van der Waals surface area contributed by atoms with Crippen LogP contribution in [0.1, 0.15) is 23.1 Å². The van der Waals surface area contributed by atoms with Crippen LogP contribution in [-0.2, 0) is 17.9 Å². The van der Waals surface area contributed by atoms with Crippen LogP contribution < -0.4 is 0 Å². The van der Waals surface area contributed by atoms with Crippen LogP contribution in [0, 0.1) is 11.3 Å². The van der Waals surface area contributed by atoms with Gasteiger partial charge in [-0.25, -0.2) is 13.8 Å². The molecule has 3 aliphatic heterocycles. The minimum absolute atomic E-state index is 0.208. The van der Waals surface area contributed by atoms with Crippen molar-refractivity contribution in [3.05, 3.63) is 81.5 Å². The van der Waals surface area contributed by atoms with Crippen LogP contribution in [0.15, 0.2) is 64.8 Å². The van der Waals surface area contributed by atoms with Crippen LogP contribution in [-0.4, -0.2) is 58.7 Å². The Labute approximate surface area is 201 Å². The molecule has 0 bridgehead atoms. The average molecular weight is 482 g/mol. The molecule has 0 saturated carbocycles. The summed E-state index contributed by atoms with van der Waals surface area (Å²) >= 11 is 5.99. The number of nitrogens with zero attached hydrogens (tertiary/aromatic N) is 5. The number of hydrogen-bond acceptors (Lipinski definition) is 5. The lowest BCUT2D eigenvalue weighted by molar-refractivity contribution is -0.126. The normalized spacial score (nSPS) is 19.9. The quantitative estimate of drug-likeness (QED) is 0.661. The van der Waals surface area contributed by atoms with E-state index in [1.165, 1.54) is 9.80 Å². The fraction of sp³-hybridized carbons (Fsp3) is 0.320. The van der Waals surface area contributed by atoms with Crippen LogP contribution in [0.5, 0.6) is 0 Å². The first-order valence-corrected chi connectivity index (χ1v) is 11.4. The number of fused-ring (bicyclic) bond motifs is 2. The maximum absolute atomic E-state index is 14.3. The Morgan fingerprint density at radius 3 is 2.68 bits per heavy atom. The van der Waals surface area contributed by atoms with E-state index < -0.39 is 19.0 Å². The van der Waals surface area contributed by atoms with Gasteiger partial charge in [-0.05, 0) is 35.4 Å². The van der Waals surface area contributed by atoms with Crippen molar-refractivity contribution in [2.45, 2.75) is 25.4 Å². The largest absolute Gasteiger partial charge is 0.309 e. The number of hydrogen-bond donors (Lipinski definition) is 0. The van der Waals surface area contributed by atoms with Gasteiger partial charge in [-0.15, -0.1) is 0 Å². The number of alkyl halides is 2. The summed E-state index contributed by atoms with van der Waals surface area (Å²) in [7, 11) is 0. The molecule has 174 valence electrons. The fourth-order valence-corrected chi connectivity index (χ4v) is 4.80. The first-order chi connectivity index (χ1) is 16.3. The molecule has 0 saturated heterocycles. The van der Waals surface area contributed by atoms with Crippen molar-refractivity contribution in [3.8, 4) is 6.07 Å². The fourth-order valence-electron chi connectivity index (χ4n) is 4.67. The Balaban J connectivity index is 1.45. The van der Waals surface area contributed by atoms with Crippen LogP contribution in [0.3, 0.4) is 0 Å². The van der Waals surface area contributed by atoms with Gasteiger partial charge >= 0.3 is 0 Å². The molecular formula is C25H22ClF2N5O. The maximum Gasteiger partial charge on any atom is 0.284 e. The molecule has 3 aliphatic rings. The summed E-state index contributed by atoms with van der Waals surface area (Å²) in [4.78, 5) is 22.9. The molecule has 0 spiro atoms. The molecule has 0 aromatic heterocycles. The number of rotatable bonds is 4. The lowest BCUT2D eigenvalue weighted by Crippen LogP contribution is -2.59. The van der Waals surface area contributed by atoms with Crippen molar-refractivity contribution in [3.63, 3.8) is 0 Å². The molecule has 0 radical (unpaired) electrons. The second-order valence-electron chi connectivity index (χ2n) is 8.77. The summed E-state index contributed by atoms with van der Waals surface area (Å²) in [5.41, 5.74) is 3.54. The summed E-state index contributed by atoms with van der Waals surface area (Å²) in [6.45, 7) is 0.630. The molecule has 34 heavy (non-hydrogen) atoms. The highest BCUT2D eigenvalue weighted by molar-refractivity contribution is 6.30. The lowest BCUT2D eigenvalue weighted by atomic mass is 9.98. The van der Waals surface area contributed by atoms with Gasteiger partial charge in [0.05, 0.1) is 30.3 Å². The molecule has 1 amide bonds. The van der Waals surface area contributed by atoms with Gasteiger partial charge < -0.3 is 4.90 Å². The zero-order valence-corrected chi connectivity index (χ0v) is 19.1. The standard InChI is InChI=1S/C25H22ClF2N5O/c26-20-6-4-17(5-7-20)13-32-23(34)21-14-31(12-19-3-1-2-18(10-19)11-29)9-8-22(21)33-16-25(27,28)15-30-24(32)33/h1-7,10H,8-9,12-16H2. The molecule has 9 heteroatoms. The van der Waals surface area contributed by atoms with E-state index in [2.05, 4.69) is 16.0 Å². The van der Waals surface area contributed by atoms with Gasteiger partial charge in [-0.3, -0.25) is 14.6 Å². The van der Waals surface area contributed by atoms with E-state index in [0.717, 1.165) is 11.1 Å². The highest BCUT2D eigenvalue weighted by Gasteiger charge is 2.46. The van der Waals surface area contributed by atoms with E-state index in [1.807, 2.05) is 30.3 Å². The van der Waals surface area contributed by atoms with Crippen LogP contribution in [0.4, 0.5) is 8.78 Å². The van der Waals surface area contributed by atoms with Crippen LogP contribution in [0.2, 0.25) is 5.02 Å². The van der Waals surface area contributed by atoms with E-state index in [1.54, 1.807) is 18.2 Å². The van der Waals surface area contributed by atoms with Gasteiger partial charge in [0.1, 0.15) is 6.54 Å². The van der Waals surface area contributed by atoms with Crippen LogP contribution in [0.25, 0.3) is 0 Å². The molecule has 0 aliphatic carbocycles. The second-order valence-corrected chi connectivity index (χ2v) is 9.21. The smallest absolute Gasteiger partial charge is 0.284 e. The van der Waals surface area contributed by atoms with Gasteiger partial charge in [0.15, 0.2) is 0 Å². The Morgan fingerprint density at radius 2 is 1.91 bits per heavy atom. The third kappa shape index (κ3) is 4.41. The Morgan fingerprint density at radius 1 is 1.12 bits per heavy atom. The maximum atomic E-state index is 14.3. The van der Waals surface area contributed by atoms with Gasteiger partial charge in [-0.1, -0.05) is 35.9 Å². The highest BCUT2D eigenvalue weighted by atomic mass is 35.5. The monoisotopic (exact) mass is 481 g/mol. The van der Waals surface area contributed by atoms with Crippen molar-refractivity contribution < 1.29 is 13.6 Å². The molecule has 2 aromatic rings. The van der Waals surface area contributed by atoms with Crippen LogP contribution >= 0.6 is 11.6 Å². The Kier molecular flexibility index (Phi) is 5.84. The predicted molar refractivity (Wildman–Crippen MR) is 124 cm³/mol. The third-order valence-corrected chi connectivity index (χ3v) is 6.52. The molecular weight excluding hydrogens is 460 g/mol. The Bertz CT molecular complexity index is 1230. The van der Waals surface area contributed by atoms with Crippen molar-refractivity contribution in [1.82, 2.24) is 14.7 Å². The van der Waals surface area contributed by atoms with Gasteiger partial charge in [-0.2, -0.15) is 5.26 Å². The summed E-state index contributed by atoms with van der Waals surface area (Å²) in [6, 6.07) is 16.6. The summed E-state index contributed by atoms with van der Waals surface area (Å²) in [5, 5.41) is 9.75. The summed E-state index contributed by atoms with van der Waals surface area (Å²) in [5.74, 6) is -2.87. The van der Waals surface area contributed by atoms with E-state index in [9.17, 15) is 13.6 Å². The van der Waals surface area contributed by atoms with E-state index in [0.29, 0.717) is 53.9 Å². The number of carbonyl (C=O) groups is 1. The molecule has 0 atom stereocenters. The lowest BCUT2D eigenvalue weighted by Gasteiger charge is -2.46. The van der Waals surface area contributed by atoms with Gasteiger partial charge in [0.25, 0.3) is 11.8 Å². The molecule has 5 rings (SSSR count). The third-order valence-electron chi connectivity index (χ3n) is 6.26. The number of benzene rings is 2. The number of carbonyl (C=O) groups excluding carboxylic acids is 1. The number of halogens is 3. The number of nitriles is 1. The van der Waals surface area contributed by atoms with Crippen molar-refractivity contribution >= 4 is 23.5 Å². The van der Waals surface area contributed by atoms with Gasteiger partial charge in [0.2, 0.25) is 5.96 Å². The molecule has 0 N–H and O–H groups in total. The molecule has 0 unspecified atom stereocenters. The van der Waals surface area contributed by atoms with Crippen molar-refractivity contribution in [2.75, 3.05) is 26.2 Å². The van der Waals surface area contributed by atoms with E-state index in [4.69, 9.17) is 16.9 Å². The number of guanidine groups is 1. The van der Waals surface area contributed by atoms with E-state index in [-0.39, 0.29) is 12.5 Å². The molecule has 0 fully saturated rings. The van der Waals surface area contributed by atoms with Crippen molar-refractivity contribution in [2.24, 2.45) is 4.99 Å². The predicted octanol–water partition coefficient (Wildman–Crippen LogP) is 4.02. The molecule has 3 heterocycles. The average Bonchev–Trinajstić information content (AvgIpc) is 2.83. The van der Waals surface area contributed by atoms with Gasteiger partial charge in [0, 0.05) is 36.8 Å². The minimum atomic E-state index is -2.96. The van der Waals surface area contributed by atoms with E-state index >= 15 is 0 Å². The first-order valence-electron chi connectivity index (χ1n) is 11.0. The SMILES string of the molecule is N#Cc1cccc(CN2CCC3=C(C2)C(=O)N(Cc2ccc(Cl)cc2)C2=NCC(F)(F)CN23)c1. The summed E-state index contributed by atoms with van der Waals surface area (Å²) in [6.07, 6.45) is 0.475. The topological polar surface area (TPSA) is 62.9 Å². The Hall–Kier alpha value is -3.28. The van der Waals surface area contributed by atoms with Crippen molar-refractivity contribution in [1.29, 1.82) is 5.26 Å². The molecule has 2 aromatic carbocycles.